The average molecular weight is 300 g/mol. The molecule has 0 amide bonds. The Morgan fingerprint density at radius 2 is 2.25 bits per heavy atom. The molecule has 1 saturated heterocycles. The first-order valence-corrected chi connectivity index (χ1v) is 7.87. The first-order valence-electron chi connectivity index (χ1n) is 6.32. The summed E-state index contributed by atoms with van der Waals surface area (Å²) < 4.78 is 28.3. The molecule has 1 atom stereocenters. The predicted octanol–water partition coefficient (Wildman–Crippen LogP) is -0.341. The molecule has 1 fully saturated rings. The van der Waals surface area contributed by atoms with Crippen LogP contribution in [0.15, 0.2) is 23.1 Å². The summed E-state index contributed by atoms with van der Waals surface area (Å²) in [5, 5.41) is 8.22. The molecule has 0 aromatic heterocycles. The molecule has 0 spiro atoms. The SMILES string of the molecule is CN1CCOC(CNc2cc(S(N)(=O)=O)ccc2N)C1. The lowest BCUT2D eigenvalue weighted by Crippen LogP contribution is -2.43. The largest absolute Gasteiger partial charge is 0.397 e. The fourth-order valence-electron chi connectivity index (χ4n) is 2.08. The predicted molar refractivity (Wildman–Crippen MR) is 78.0 cm³/mol. The van der Waals surface area contributed by atoms with Crippen molar-refractivity contribution < 1.29 is 13.2 Å². The van der Waals surface area contributed by atoms with Gasteiger partial charge in [-0.25, -0.2) is 13.6 Å². The summed E-state index contributed by atoms with van der Waals surface area (Å²) in [4.78, 5) is 2.22. The first-order chi connectivity index (χ1) is 9.36. The van der Waals surface area contributed by atoms with Gasteiger partial charge in [-0.3, -0.25) is 0 Å². The molecule has 1 heterocycles. The zero-order chi connectivity index (χ0) is 14.8. The van der Waals surface area contributed by atoms with Crippen molar-refractivity contribution in [1.82, 2.24) is 4.90 Å². The number of ether oxygens (including phenoxy) is 1. The molecule has 2 rings (SSSR count). The number of nitrogens with one attached hydrogen (secondary N) is 1. The van der Waals surface area contributed by atoms with E-state index in [-0.39, 0.29) is 11.0 Å². The van der Waals surface area contributed by atoms with E-state index in [2.05, 4.69) is 10.2 Å². The molecule has 1 aliphatic heterocycles. The molecule has 1 aromatic carbocycles. The Kier molecular flexibility index (Phi) is 4.48. The molecule has 8 heteroatoms. The lowest BCUT2D eigenvalue weighted by Gasteiger charge is -2.30. The smallest absolute Gasteiger partial charge is 0.238 e. The van der Waals surface area contributed by atoms with Gasteiger partial charge in [0, 0.05) is 19.6 Å². The van der Waals surface area contributed by atoms with E-state index < -0.39 is 10.0 Å². The number of hydrogen-bond acceptors (Lipinski definition) is 6. The summed E-state index contributed by atoms with van der Waals surface area (Å²) in [6.07, 6.45) is 0.0475. The zero-order valence-electron chi connectivity index (χ0n) is 11.4. The molecule has 5 N–H and O–H groups in total. The van der Waals surface area contributed by atoms with E-state index in [0.29, 0.717) is 24.5 Å². The van der Waals surface area contributed by atoms with Crippen LogP contribution in [-0.4, -0.2) is 52.7 Å². The summed E-state index contributed by atoms with van der Waals surface area (Å²) in [5.41, 5.74) is 6.85. The van der Waals surface area contributed by atoms with Gasteiger partial charge in [-0.05, 0) is 25.2 Å². The number of rotatable bonds is 4. The Hall–Kier alpha value is -1.35. The third-order valence-electron chi connectivity index (χ3n) is 3.22. The van der Waals surface area contributed by atoms with E-state index in [1.807, 2.05) is 7.05 Å². The maximum absolute atomic E-state index is 11.3. The van der Waals surface area contributed by atoms with Gasteiger partial charge in [-0.2, -0.15) is 0 Å². The van der Waals surface area contributed by atoms with Gasteiger partial charge in [0.05, 0.1) is 29.0 Å². The summed E-state index contributed by atoms with van der Waals surface area (Å²) in [6.45, 7) is 2.99. The molecule has 20 heavy (non-hydrogen) atoms. The van der Waals surface area contributed by atoms with Gasteiger partial charge in [0.2, 0.25) is 10.0 Å². The van der Waals surface area contributed by atoms with Crippen LogP contribution in [0.1, 0.15) is 0 Å². The van der Waals surface area contributed by atoms with E-state index in [0.717, 1.165) is 13.1 Å². The van der Waals surface area contributed by atoms with Crippen LogP contribution >= 0.6 is 0 Å². The minimum atomic E-state index is -3.73. The van der Waals surface area contributed by atoms with Gasteiger partial charge in [-0.1, -0.05) is 0 Å². The Balaban J connectivity index is 2.05. The molecule has 1 aliphatic rings. The van der Waals surface area contributed by atoms with Crippen LogP contribution in [0.2, 0.25) is 0 Å². The summed E-state index contributed by atoms with van der Waals surface area (Å²) in [6, 6.07) is 4.36. The first kappa shape index (κ1) is 15.0. The lowest BCUT2D eigenvalue weighted by atomic mass is 10.2. The highest BCUT2D eigenvalue weighted by molar-refractivity contribution is 7.89. The summed E-state index contributed by atoms with van der Waals surface area (Å²) in [5.74, 6) is 0. The lowest BCUT2D eigenvalue weighted by molar-refractivity contribution is -0.0117. The molecular weight excluding hydrogens is 280 g/mol. The van der Waals surface area contributed by atoms with E-state index >= 15 is 0 Å². The normalized spacial score (nSPS) is 20.8. The molecule has 0 radical (unpaired) electrons. The van der Waals surface area contributed by atoms with Crippen molar-refractivity contribution in [1.29, 1.82) is 0 Å². The van der Waals surface area contributed by atoms with Gasteiger partial charge in [0.15, 0.2) is 0 Å². The molecule has 1 aromatic rings. The van der Waals surface area contributed by atoms with Crippen LogP contribution in [0.3, 0.4) is 0 Å². The highest BCUT2D eigenvalue weighted by Gasteiger charge is 2.18. The molecular formula is C12H20N4O3S. The topological polar surface area (TPSA) is 111 Å². The van der Waals surface area contributed by atoms with Crippen LogP contribution in [0.5, 0.6) is 0 Å². The number of benzene rings is 1. The highest BCUT2D eigenvalue weighted by Crippen LogP contribution is 2.22. The van der Waals surface area contributed by atoms with Crippen LogP contribution in [-0.2, 0) is 14.8 Å². The Morgan fingerprint density at radius 3 is 2.90 bits per heavy atom. The number of nitrogen functional groups attached to an aromatic ring is 1. The third-order valence-corrected chi connectivity index (χ3v) is 4.13. The number of likely N-dealkylation sites (N-methyl/N-ethyl adjacent to an activating group) is 1. The van der Waals surface area contributed by atoms with Crippen LogP contribution in [0, 0.1) is 0 Å². The fraction of sp³-hybridized carbons (Fsp3) is 0.500. The van der Waals surface area contributed by atoms with Gasteiger partial charge in [-0.15, -0.1) is 0 Å². The highest BCUT2D eigenvalue weighted by atomic mass is 32.2. The third kappa shape index (κ3) is 3.83. The van der Waals surface area contributed by atoms with Gasteiger partial charge in [0.1, 0.15) is 0 Å². The summed E-state index contributed by atoms with van der Waals surface area (Å²) in [7, 11) is -1.70. The van der Waals surface area contributed by atoms with Crippen LogP contribution in [0.4, 0.5) is 11.4 Å². The maximum Gasteiger partial charge on any atom is 0.238 e. The molecule has 0 aliphatic carbocycles. The fourth-order valence-corrected chi connectivity index (χ4v) is 2.62. The Labute approximate surface area is 118 Å². The quantitative estimate of drug-likeness (QED) is 0.656. The van der Waals surface area contributed by atoms with E-state index in [4.69, 9.17) is 15.6 Å². The molecule has 0 saturated carbocycles. The van der Waals surface area contributed by atoms with Crippen molar-refractivity contribution >= 4 is 21.4 Å². The molecule has 0 bridgehead atoms. The number of morpholine rings is 1. The number of primary sulfonamides is 1. The second-order valence-electron chi connectivity index (χ2n) is 4.93. The second-order valence-corrected chi connectivity index (χ2v) is 6.49. The minimum absolute atomic E-state index is 0.0379. The van der Waals surface area contributed by atoms with Crippen molar-refractivity contribution in [3.8, 4) is 0 Å². The molecule has 112 valence electrons. The van der Waals surface area contributed by atoms with Crippen LogP contribution in [0.25, 0.3) is 0 Å². The number of nitrogens with two attached hydrogens (primary N) is 2. The molecule has 7 nitrogen and oxygen atoms in total. The van der Waals surface area contributed by atoms with Crippen molar-refractivity contribution in [3.05, 3.63) is 18.2 Å². The Bertz CT molecular complexity index is 576. The standard InChI is InChI=1S/C12H20N4O3S/c1-16-4-5-19-9(8-16)7-15-12-6-10(20(14,17)18)2-3-11(12)13/h2-3,6,9,15H,4-5,7-8,13H2,1H3,(H2,14,17,18). The Morgan fingerprint density at radius 1 is 1.50 bits per heavy atom. The number of anilines is 2. The maximum atomic E-state index is 11.3. The summed E-state index contributed by atoms with van der Waals surface area (Å²) >= 11 is 0. The van der Waals surface area contributed by atoms with Gasteiger partial charge >= 0.3 is 0 Å². The second kappa shape index (κ2) is 5.96. The van der Waals surface area contributed by atoms with E-state index in [1.165, 1.54) is 18.2 Å². The van der Waals surface area contributed by atoms with Gasteiger partial charge < -0.3 is 20.7 Å². The van der Waals surface area contributed by atoms with Crippen molar-refractivity contribution in [2.45, 2.75) is 11.0 Å². The van der Waals surface area contributed by atoms with Crippen LogP contribution < -0.4 is 16.2 Å². The van der Waals surface area contributed by atoms with Crippen molar-refractivity contribution in [2.24, 2.45) is 5.14 Å². The monoisotopic (exact) mass is 300 g/mol. The zero-order valence-corrected chi connectivity index (χ0v) is 12.2. The van der Waals surface area contributed by atoms with E-state index in [9.17, 15) is 8.42 Å². The average Bonchev–Trinajstić information content (AvgIpc) is 2.36. The number of sulfonamides is 1. The van der Waals surface area contributed by atoms with E-state index in [1.54, 1.807) is 0 Å². The van der Waals surface area contributed by atoms with Gasteiger partial charge in [0.25, 0.3) is 0 Å². The number of hydrogen-bond donors (Lipinski definition) is 3. The van der Waals surface area contributed by atoms with Crippen molar-refractivity contribution in [2.75, 3.05) is 44.3 Å². The molecule has 1 unspecified atom stereocenters. The number of nitrogens with zero attached hydrogens (tertiary/aromatic N) is 1. The minimum Gasteiger partial charge on any atom is -0.397 e. The van der Waals surface area contributed by atoms with Crippen molar-refractivity contribution in [3.63, 3.8) is 0 Å².